The van der Waals surface area contributed by atoms with E-state index in [1.165, 1.54) is 16.7 Å². The Hall–Kier alpha value is -5.91. The number of unbranched alkanes of at least 4 members (excludes halogenated alkanes) is 1. The highest BCUT2D eigenvalue weighted by atomic mass is 16.4. The topological polar surface area (TPSA) is 379 Å². The van der Waals surface area contributed by atoms with Crippen LogP contribution in [0.2, 0.25) is 0 Å². The number of nitrogens with one attached hydrogen (secondary N) is 6. The zero-order valence-corrected chi connectivity index (χ0v) is 32.2. The molecule has 2 fully saturated rings. The molecule has 2 rings (SSSR count). The highest BCUT2D eigenvalue weighted by molar-refractivity contribution is 5.97. The minimum absolute atomic E-state index is 0.0280. The van der Waals surface area contributed by atoms with Gasteiger partial charge in [-0.1, -0.05) is 0 Å². The second-order valence-electron chi connectivity index (χ2n) is 13.8. The number of nitrogens with two attached hydrogens (primary N) is 2. The third-order valence-corrected chi connectivity index (χ3v) is 9.36. The summed E-state index contributed by atoms with van der Waals surface area (Å²) in [5.41, 5.74) is 10.9. The van der Waals surface area contributed by atoms with E-state index in [-0.39, 0.29) is 45.4 Å². The Morgan fingerprint density at radius 2 is 1.24 bits per heavy atom. The Balaban J connectivity index is 1.95. The van der Waals surface area contributed by atoms with Gasteiger partial charge in [0.25, 0.3) is 0 Å². The highest BCUT2D eigenvalue weighted by Crippen LogP contribution is 2.19. The molecular formula is C34H54N10O14. The fourth-order valence-electron chi connectivity index (χ4n) is 6.40. The molecule has 58 heavy (non-hydrogen) atoms. The van der Waals surface area contributed by atoms with Crippen LogP contribution in [0, 0.1) is 0 Å². The van der Waals surface area contributed by atoms with Crippen molar-refractivity contribution in [2.75, 3.05) is 39.3 Å². The first-order chi connectivity index (χ1) is 27.4. The molecule has 0 spiro atoms. The van der Waals surface area contributed by atoms with Crippen molar-refractivity contribution in [3.63, 3.8) is 0 Å². The highest BCUT2D eigenvalue weighted by Gasteiger charge is 2.38. The van der Waals surface area contributed by atoms with E-state index < -0.39 is 127 Å². The standard InChI is InChI=1S/C34H54N10O14/c1-18(39-24(45)16-37-29(52)20(9-10-27(48)49)41-32(55)23-8-4-12-43(23)26(47)15-36)33(56)44-13-5-7-22(44)31(54)38-17-25(46)40-19(6-2-3-11-35)30(53)42-21(34(57)58)14-28(50)51/h18-23H,2-17,35-36H2,1H3,(H,37,52)(H,38,54)(H,39,45)(H,40,46)(H,41,55)(H,42,53)(H,48,49)(H,50,51)(H,57,58)/t18-,19-,20-,21-,22-,23-/m0/s1. The van der Waals surface area contributed by atoms with E-state index in [2.05, 4.69) is 31.9 Å². The molecule has 2 aliphatic heterocycles. The van der Waals surface area contributed by atoms with Crippen molar-refractivity contribution >= 4 is 65.2 Å². The summed E-state index contributed by atoms with van der Waals surface area (Å²) in [6, 6.07) is -7.55. The number of nitrogens with zero attached hydrogens (tertiary/aromatic N) is 2. The fraction of sp³-hybridized carbons (Fsp3) is 0.676. The molecule has 0 saturated carbocycles. The van der Waals surface area contributed by atoms with Crippen LogP contribution in [0.25, 0.3) is 0 Å². The molecule has 0 aliphatic carbocycles. The summed E-state index contributed by atoms with van der Waals surface area (Å²) in [5.74, 6) is -10.3. The monoisotopic (exact) mass is 826 g/mol. The number of hydrogen-bond donors (Lipinski definition) is 11. The van der Waals surface area contributed by atoms with Gasteiger partial charge in [-0.25, -0.2) is 4.79 Å². The molecule has 324 valence electrons. The van der Waals surface area contributed by atoms with Crippen LogP contribution in [-0.2, 0) is 52.7 Å². The molecule has 2 saturated heterocycles. The average Bonchev–Trinajstić information content (AvgIpc) is 3.87. The van der Waals surface area contributed by atoms with Gasteiger partial charge in [-0.2, -0.15) is 0 Å². The summed E-state index contributed by atoms with van der Waals surface area (Å²) in [6.07, 6.45) is 0.543. The predicted molar refractivity (Wildman–Crippen MR) is 198 cm³/mol. The summed E-state index contributed by atoms with van der Waals surface area (Å²) in [5, 5.41) is 41.4. The third kappa shape index (κ3) is 15.6. The van der Waals surface area contributed by atoms with E-state index in [4.69, 9.17) is 21.7 Å². The van der Waals surface area contributed by atoms with E-state index >= 15 is 0 Å². The molecule has 6 atom stereocenters. The van der Waals surface area contributed by atoms with Gasteiger partial charge in [-0.3, -0.25) is 47.9 Å². The van der Waals surface area contributed by atoms with Gasteiger partial charge in [0.2, 0.25) is 47.3 Å². The number of carbonyl (C=O) groups is 11. The summed E-state index contributed by atoms with van der Waals surface area (Å²) in [4.78, 5) is 139. The Morgan fingerprint density at radius 3 is 1.83 bits per heavy atom. The number of aliphatic carboxylic acids is 3. The number of carboxylic acid groups (broad SMARTS) is 3. The molecule has 0 aromatic rings. The number of rotatable bonds is 24. The van der Waals surface area contributed by atoms with E-state index in [9.17, 15) is 57.8 Å². The third-order valence-electron chi connectivity index (χ3n) is 9.36. The minimum Gasteiger partial charge on any atom is -0.481 e. The van der Waals surface area contributed by atoms with Gasteiger partial charge < -0.3 is 68.5 Å². The summed E-state index contributed by atoms with van der Waals surface area (Å²) in [6.45, 7) is 0.393. The van der Waals surface area contributed by atoms with Gasteiger partial charge in [-0.15, -0.1) is 0 Å². The molecule has 2 aliphatic rings. The fourth-order valence-corrected chi connectivity index (χ4v) is 6.40. The SMILES string of the molecule is C[C@H](NC(=O)CNC(=O)[C@H](CCC(=O)O)NC(=O)[C@@H]1CCCN1C(=O)CN)C(=O)N1CCC[C@H]1C(=O)NCC(=O)N[C@@H](CCCCN)C(=O)N[C@@H](CC(=O)O)C(=O)O. The Bertz CT molecular complexity index is 1560. The van der Waals surface area contributed by atoms with E-state index in [0.717, 1.165) is 0 Å². The maximum atomic E-state index is 13.3. The summed E-state index contributed by atoms with van der Waals surface area (Å²) >= 11 is 0. The van der Waals surface area contributed by atoms with Crippen LogP contribution < -0.4 is 43.4 Å². The maximum absolute atomic E-state index is 13.3. The summed E-state index contributed by atoms with van der Waals surface area (Å²) < 4.78 is 0. The number of likely N-dealkylation sites (tertiary alicyclic amines) is 2. The quantitative estimate of drug-likeness (QED) is 0.0405. The molecule has 24 heteroatoms. The second kappa shape index (κ2) is 24.0. The van der Waals surface area contributed by atoms with Gasteiger partial charge in [0, 0.05) is 19.5 Å². The van der Waals surface area contributed by atoms with Crippen LogP contribution in [0.1, 0.15) is 71.1 Å². The molecule has 24 nitrogen and oxygen atoms in total. The second-order valence-corrected chi connectivity index (χ2v) is 13.8. The number of hydrogen-bond acceptors (Lipinski definition) is 13. The van der Waals surface area contributed by atoms with E-state index in [1.54, 1.807) is 0 Å². The van der Waals surface area contributed by atoms with Crippen molar-refractivity contribution in [3.05, 3.63) is 0 Å². The Morgan fingerprint density at radius 1 is 0.655 bits per heavy atom. The van der Waals surface area contributed by atoms with Crippen LogP contribution in [-0.4, -0.2) is 166 Å². The molecule has 0 aromatic carbocycles. The van der Waals surface area contributed by atoms with Gasteiger partial charge in [0.05, 0.1) is 26.1 Å². The van der Waals surface area contributed by atoms with Crippen molar-refractivity contribution in [1.82, 2.24) is 41.7 Å². The zero-order valence-electron chi connectivity index (χ0n) is 32.2. The van der Waals surface area contributed by atoms with Crippen LogP contribution in [0.4, 0.5) is 0 Å². The minimum atomic E-state index is -1.76. The van der Waals surface area contributed by atoms with Crippen LogP contribution >= 0.6 is 0 Å². The van der Waals surface area contributed by atoms with Crippen LogP contribution in [0.15, 0.2) is 0 Å². The number of carbonyl (C=O) groups excluding carboxylic acids is 8. The van der Waals surface area contributed by atoms with Crippen molar-refractivity contribution in [2.24, 2.45) is 11.5 Å². The van der Waals surface area contributed by atoms with Crippen molar-refractivity contribution in [2.45, 2.75) is 107 Å². The normalized spacial score (nSPS) is 18.1. The van der Waals surface area contributed by atoms with Gasteiger partial charge in [0.15, 0.2) is 0 Å². The lowest BCUT2D eigenvalue weighted by molar-refractivity contribution is -0.147. The largest absolute Gasteiger partial charge is 0.481 e. The van der Waals surface area contributed by atoms with Crippen molar-refractivity contribution in [3.8, 4) is 0 Å². The molecule has 8 amide bonds. The molecule has 13 N–H and O–H groups in total. The zero-order chi connectivity index (χ0) is 43.5. The molecule has 0 unspecified atom stereocenters. The smallest absolute Gasteiger partial charge is 0.326 e. The first-order valence-electron chi connectivity index (χ1n) is 18.8. The van der Waals surface area contributed by atoms with Crippen LogP contribution in [0.5, 0.6) is 0 Å². The average molecular weight is 827 g/mol. The van der Waals surface area contributed by atoms with Crippen molar-refractivity contribution < 1.29 is 68.1 Å². The van der Waals surface area contributed by atoms with Crippen LogP contribution in [0.3, 0.4) is 0 Å². The Kier molecular flexibility index (Phi) is 20.0. The Labute approximate surface area is 332 Å². The molecule has 0 aromatic heterocycles. The van der Waals surface area contributed by atoms with E-state index in [0.29, 0.717) is 32.1 Å². The maximum Gasteiger partial charge on any atom is 0.326 e. The molecular weight excluding hydrogens is 772 g/mol. The molecule has 0 bridgehead atoms. The van der Waals surface area contributed by atoms with Gasteiger partial charge in [0.1, 0.15) is 36.3 Å². The molecule has 2 heterocycles. The first kappa shape index (κ1) is 48.2. The predicted octanol–water partition coefficient (Wildman–Crippen LogP) is -5.33. The lowest BCUT2D eigenvalue weighted by Crippen LogP contribution is -2.56. The number of carboxylic acids is 3. The molecule has 0 radical (unpaired) electrons. The van der Waals surface area contributed by atoms with E-state index in [1.807, 2.05) is 0 Å². The van der Waals surface area contributed by atoms with Gasteiger partial charge >= 0.3 is 17.9 Å². The van der Waals surface area contributed by atoms with Gasteiger partial charge in [-0.05, 0) is 64.8 Å². The first-order valence-corrected chi connectivity index (χ1v) is 18.8. The van der Waals surface area contributed by atoms with Crippen molar-refractivity contribution in [1.29, 1.82) is 0 Å². The summed E-state index contributed by atoms with van der Waals surface area (Å²) in [7, 11) is 0. The lowest BCUT2D eigenvalue weighted by Gasteiger charge is -2.27. The number of amides is 8. The lowest BCUT2D eigenvalue weighted by atomic mass is 10.1.